The summed E-state index contributed by atoms with van der Waals surface area (Å²) < 4.78 is 2.28. The van der Waals surface area contributed by atoms with Gasteiger partial charge in [0.05, 0.1) is 5.56 Å². The summed E-state index contributed by atoms with van der Waals surface area (Å²) in [4.78, 5) is 13.1. The van der Waals surface area contributed by atoms with Crippen molar-refractivity contribution in [2.24, 2.45) is 0 Å². The number of nitrogens with zero attached hydrogens (tertiary/aromatic N) is 1. The number of rotatable bonds is 5. The third-order valence-electron chi connectivity index (χ3n) is 4.47. The lowest BCUT2D eigenvalue weighted by molar-refractivity contribution is 0.103. The predicted octanol–water partition coefficient (Wildman–Crippen LogP) is 5.06. The highest BCUT2D eigenvalue weighted by Gasteiger charge is 2.23. The fourth-order valence-corrected chi connectivity index (χ4v) is 3.70. The van der Waals surface area contributed by atoms with E-state index in [1.807, 2.05) is 55.5 Å². The molecule has 118 valence electrons. The van der Waals surface area contributed by atoms with E-state index in [1.165, 1.54) is 0 Å². The zero-order valence-electron chi connectivity index (χ0n) is 13.5. The molecule has 1 atom stereocenters. The van der Waals surface area contributed by atoms with Crippen LogP contribution in [0, 0.1) is 6.92 Å². The first-order valence-electron chi connectivity index (χ1n) is 7.99. The molecule has 3 heteroatoms. The van der Waals surface area contributed by atoms with Crippen LogP contribution in [0.1, 0.15) is 41.0 Å². The van der Waals surface area contributed by atoms with E-state index < -0.39 is 0 Å². The molecule has 0 aliphatic rings. The number of hydrogen-bond acceptors (Lipinski definition) is 2. The largest absolute Gasteiger partial charge is 0.340 e. The number of carbonyl (C=O) groups excluding carboxylic acids is 1. The van der Waals surface area contributed by atoms with Gasteiger partial charge in [0.1, 0.15) is 0 Å². The summed E-state index contributed by atoms with van der Waals surface area (Å²) in [5, 5.41) is 1.03. The van der Waals surface area contributed by atoms with Gasteiger partial charge in [0, 0.05) is 34.0 Å². The van der Waals surface area contributed by atoms with Crippen molar-refractivity contribution < 1.29 is 4.79 Å². The van der Waals surface area contributed by atoms with E-state index in [9.17, 15) is 4.79 Å². The Morgan fingerprint density at radius 2 is 1.74 bits per heavy atom. The van der Waals surface area contributed by atoms with E-state index in [4.69, 9.17) is 0 Å². The van der Waals surface area contributed by atoms with Crippen LogP contribution in [0.25, 0.3) is 10.9 Å². The molecule has 0 fully saturated rings. The topological polar surface area (TPSA) is 22.0 Å². The Bertz CT molecular complexity index is 831. The number of carbonyl (C=O) groups is 1. The Hall–Kier alpha value is -2.00. The number of benzene rings is 2. The van der Waals surface area contributed by atoms with Crippen LogP contribution < -0.4 is 0 Å². The zero-order chi connectivity index (χ0) is 16.4. The molecule has 23 heavy (non-hydrogen) atoms. The highest BCUT2D eigenvalue weighted by atomic mass is 32.1. The zero-order valence-corrected chi connectivity index (χ0v) is 14.4. The van der Waals surface area contributed by atoms with Crippen molar-refractivity contribution in [1.29, 1.82) is 0 Å². The second kappa shape index (κ2) is 6.63. The van der Waals surface area contributed by atoms with Gasteiger partial charge in [-0.05, 0) is 19.4 Å². The lowest BCUT2D eigenvalue weighted by Gasteiger charge is -2.18. The molecule has 0 amide bonds. The number of fused-ring (bicyclic) bond motifs is 1. The maximum Gasteiger partial charge on any atom is 0.195 e. The predicted molar refractivity (Wildman–Crippen MR) is 99.7 cm³/mol. The third kappa shape index (κ3) is 2.70. The average Bonchev–Trinajstić information content (AvgIpc) is 2.89. The maximum atomic E-state index is 13.1. The van der Waals surface area contributed by atoms with Crippen LogP contribution in [0.5, 0.6) is 0 Å². The fraction of sp³-hybridized carbons (Fsp3) is 0.250. The molecule has 0 saturated heterocycles. The summed E-state index contributed by atoms with van der Waals surface area (Å²) in [5.74, 6) is 0.849. The highest BCUT2D eigenvalue weighted by Crippen LogP contribution is 2.32. The first kappa shape index (κ1) is 15.9. The number of aromatic nitrogens is 1. The van der Waals surface area contributed by atoms with Crippen LogP contribution >= 0.6 is 12.6 Å². The van der Waals surface area contributed by atoms with Gasteiger partial charge >= 0.3 is 0 Å². The van der Waals surface area contributed by atoms with E-state index in [0.717, 1.165) is 39.9 Å². The second-order valence-electron chi connectivity index (χ2n) is 5.79. The number of ketones is 1. The molecular weight excluding hydrogens is 302 g/mol. The Labute approximate surface area is 142 Å². The van der Waals surface area contributed by atoms with E-state index in [0.29, 0.717) is 6.04 Å². The summed E-state index contributed by atoms with van der Waals surface area (Å²) in [6.07, 6.45) is 0.988. The Morgan fingerprint density at radius 3 is 2.39 bits per heavy atom. The number of hydrogen-bond donors (Lipinski definition) is 1. The summed E-state index contributed by atoms with van der Waals surface area (Å²) in [7, 11) is 0. The van der Waals surface area contributed by atoms with Crippen molar-refractivity contribution in [1.82, 2.24) is 4.57 Å². The molecule has 0 aliphatic carbocycles. The molecule has 2 nitrogen and oxygen atoms in total. The van der Waals surface area contributed by atoms with Gasteiger partial charge in [0.15, 0.2) is 5.78 Å². The van der Waals surface area contributed by atoms with E-state index in [2.05, 4.69) is 30.2 Å². The minimum Gasteiger partial charge on any atom is -0.340 e. The van der Waals surface area contributed by atoms with Crippen molar-refractivity contribution >= 4 is 29.3 Å². The van der Waals surface area contributed by atoms with Crippen LogP contribution in [0.2, 0.25) is 0 Å². The molecular formula is C20H21NOS. The quantitative estimate of drug-likeness (QED) is 0.514. The van der Waals surface area contributed by atoms with E-state index in [1.54, 1.807) is 0 Å². The fourth-order valence-electron chi connectivity index (χ4n) is 3.28. The van der Waals surface area contributed by atoms with Crippen LogP contribution in [-0.4, -0.2) is 16.1 Å². The van der Waals surface area contributed by atoms with Crippen molar-refractivity contribution in [3.05, 3.63) is 71.4 Å². The molecule has 0 aliphatic heterocycles. The smallest absolute Gasteiger partial charge is 0.195 e. The van der Waals surface area contributed by atoms with E-state index >= 15 is 0 Å². The van der Waals surface area contributed by atoms with Gasteiger partial charge in [0.25, 0.3) is 0 Å². The van der Waals surface area contributed by atoms with Crippen molar-refractivity contribution in [2.45, 2.75) is 26.3 Å². The van der Waals surface area contributed by atoms with Crippen LogP contribution in [0.3, 0.4) is 0 Å². The Balaban J connectivity index is 2.26. The lowest BCUT2D eigenvalue weighted by Crippen LogP contribution is -2.12. The first-order chi connectivity index (χ1) is 11.2. The van der Waals surface area contributed by atoms with Gasteiger partial charge < -0.3 is 4.57 Å². The molecule has 0 radical (unpaired) electrons. The summed E-state index contributed by atoms with van der Waals surface area (Å²) in [6.45, 7) is 4.20. The first-order valence-corrected chi connectivity index (χ1v) is 8.62. The standard InChI is InChI=1S/C20H21NOS/c1-3-16(13-23)21-14(2)19(17-11-7-8-12-18(17)21)20(22)15-9-5-4-6-10-15/h4-12,16,23H,3,13H2,1-2H3. The number of para-hydroxylation sites is 1. The van der Waals surface area contributed by atoms with Gasteiger partial charge in [-0.1, -0.05) is 55.5 Å². The maximum absolute atomic E-state index is 13.1. The van der Waals surface area contributed by atoms with Gasteiger partial charge in [-0.3, -0.25) is 4.79 Å². The number of thiol groups is 1. The molecule has 3 rings (SSSR count). The highest BCUT2D eigenvalue weighted by molar-refractivity contribution is 7.80. The Kier molecular flexibility index (Phi) is 4.58. The second-order valence-corrected chi connectivity index (χ2v) is 6.15. The van der Waals surface area contributed by atoms with Gasteiger partial charge in [-0.2, -0.15) is 12.6 Å². The normalized spacial score (nSPS) is 12.5. The van der Waals surface area contributed by atoms with Crippen LogP contribution in [0.15, 0.2) is 54.6 Å². The SMILES string of the molecule is CCC(CS)n1c(C)c(C(=O)c2ccccc2)c2ccccc21. The molecule has 1 unspecified atom stereocenters. The molecule has 2 aromatic carbocycles. The third-order valence-corrected chi connectivity index (χ3v) is 4.89. The molecule has 0 saturated carbocycles. The minimum atomic E-state index is 0.0899. The summed E-state index contributed by atoms with van der Waals surface area (Å²) >= 11 is 4.51. The summed E-state index contributed by atoms with van der Waals surface area (Å²) in [5.41, 5.74) is 3.69. The summed E-state index contributed by atoms with van der Waals surface area (Å²) in [6, 6.07) is 18.0. The molecule has 1 heterocycles. The van der Waals surface area contributed by atoms with Gasteiger partial charge in [0.2, 0.25) is 0 Å². The van der Waals surface area contributed by atoms with Gasteiger partial charge in [-0.25, -0.2) is 0 Å². The lowest BCUT2D eigenvalue weighted by atomic mass is 10.0. The molecule has 3 aromatic rings. The van der Waals surface area contributed by atoms with Crippen molar-refractivity contribution in [3.8, 4) is 0 Å². The molecule has 0 N–H and O–H groups in total. The molecule has 0 spiro atoms. The monoisotopic (exact) mass is 323 g/mol. The Morgan fingerprint density at radius 1 is 1.09 bits per heavy atom. The molecule has 0 bridgehead atoms. The van der Waals surface area contributed by atoms with E-state index in [-0.39, 0.29) is 5.78 Å². The minimum absolute atomic E-state index is 0.0899. The van der Waals surface area contributed by atoms with Crippen LogP contribution in [-0.2, 0) is 0 Å². The average molecular weight is 323 g/mol. The van der Waals surface area contributed by atoms with Gasteiger partial charge in [-0.15, -0.1) is 0 Å². The van der Waals surface area contributed by atoms with Crippen molar-refractivity contribution in [3.63, 3.8) is 0 Å². The van der Waals surface area contributed by atoms with Crippen molar-refractivity contribution in [2.75, 3.05) is 5.75 Å². The molecule has 1 aromatic heterocycles. The van der Waals surface area contributed by atoms with Crippen LogP contribution in [0.4, 0.5) is 0 Å².